The van der Waals surface area contributed by atoms with E-state index in [1.165, 1.54) is 4.90 Å². The second-order valence-electron chi connectivity index (χ2n) is 4.12. The first-order chi connectivity index (χ1) is 7.41. The van der Waals surface area contributed by atoms with Crippen LogP contribution in [0.1, 0.15) is 24.2 Å². The van der Waals surface area contributed by atoms with Crippen LogP contribution in [0.3, 0.4) is 0 Å². The summed E-state index contributed by atoms with van der Waals surface area (Å²) in [7, 11) is 3.40. The lowest BCUT2D eigenvalue weighted by molar-refractivity contribution is 0.0821. The van der Waals surface area contributed by atoms with E-state index in [0.29, 0.717) is 17.0 Å². The summed E-state index contributed by atoms with van der Waals surface area (Å²) >= 11 is 0. The van der Waals surface area contributed by atoms with Gasteiger partial charge in [0, 0.05) is 19.8 Å². The van der Waals surface area contributed by atoms with Crippen molar-refractivity contribution in [3.05, 3.63) is 23.8 Å². The number of nitrogen functional groups attached to an aromatic ring is 1. The maximum Gasteiger partial charge on any atom is 0.257 e. The van der Waals surface area contributed by atoms with Gasteiger partial charge in [0.1, 0.15) is 5.75 Å². The topological polar surface area (TPSA) is 55.6 Å². The molecule has 0 radical (unpaired) electrons. The lowest BCUT2D eigenvalue weighted by Gasteiger charge is -2.17. The number of ether oxygens (including phenoxy) is 1. The average molecular weight is 222 g/mol. The summed E-state index contributed by atoms with van der Waals surface area (Å²) in [4.78, 5) is 13.4. The average Bonchev–Trinajstić information content (AvgIpc) is 2.18. The first-order valence-electron chi connectivity index (χ1n) is 5.19. The summed E-state index contributed by atoms with van der Waals surface area (Å²) < 4.78 is 5.57. The third-order valence-corrected chi connectivity index (χ3v) is 2.00. The molecule has 0 aliphatic carbocycles. The molecule has 1 amide bonds. The predicted octanol–water partition coefficient (Wildman–Crippen LogP) is 1.76. The van der Waals surface area contributed by atoms with Crippen molar-refractivity contribution in [2.75, 3.05) is 19.8 Å². The monoisotopic (exact) mass is 222 g/mol. The van der Waals surface area contributed by atoms with Crippen molar-refractivity contribution in [1.82, 2.24) is 4.90 Å². The Hall–Kier alpha value is -1.71. The Bertz CT molecular complexity index is 387. The molecule has 0 aliphatic rings. The molecule has 88 valence electrons. The zero-order valence-corrected chi connectivity index (χ0v) is 10.2. The highest BCUT2D eigenvalue weighted by Gasteiger charge is 2.15. The van der Waals surface area contributed by atoms with E-state index in [0.717, 1.165) is 0 Å². The van der Waals surface area contributed by atoms with Crippen molar-refractivity contribution in [3.8, 4) is 5.75 Å². The fourth-order valence-electron chi connectivity index (χ4n) is 1.31. The number of carbonyl (C=O) groups is 1. The van der Waals surface area contributed by atoms with E-state index in [9.17, 15) is 4.79 Å². The van der Waals surface area contributed by atoms with Gasteiger partial charge in [-0.15, -0.1) is 0 Å². The molecule has 1 aromatic rings. The Kier molecular flexibility index (Phi) is 3.77. The molecule has 4 nitrogen and oxygen atoms in total. The predicted molar refractivity (Wildman–Crippen MR) is 64.6 cm³/mol. The van der Waals surface area contributed by atoms with Gasteiger partial charge in [0.15, 0.2) is 0 Å². The summed E-state index contributed by atoms with van der Waals surface area (Å²) in [6.45, 7) is 3.83. The first kappa shape index (κ1) is 12.4. The molecule has 0 bridgehead atoms. The maximum atomic E-state index is 11.9. The standard InChI is InChI=1S/C12H18N2O2/c1-8(2)16-11-6-5-9(13)7-10(11)12(15)14(3)4/h5-8H,13H2,1-4H3. The minimum atomic E-state index is -0.108. The van der Waals surface area contributed by atoms with Gasteiger partial charge in [-0.05, 0) is 32.0 Å². The Morgan fingerprint density at radius 1 is 1.38 bits per heavy atom. The Balaban J connectivity index is 3.12. The van der Waals surface area contributed by atoms with Crippen LogP contribution in [-0.4, -0.2) is 31.0 Å². The summed E-state index contributed by atoms with van der Waals surface area (Å²) in [6, 6.07) is 5.09. The van der Waals surface area contributed by atoms with Crippen LogP contribution in [0.15, 0.2) is 18.2 Å². The number of anilines is 1. The Morgan fingerprint density at radius 3 is 2.50 bits per heavy atom. The van der Waals surface area contributed by atoms with E-state index < -0.39 is 0 Å². The molecule has 0 heterocycles. The van der Waals surface area contributed by atoms with Crippen LogP contribution < -0.4 is 10.5 Å². The molecule has 0 atom stereocenters. The fourth-order valence-corrected chi connectivity index (χ4v) is 1.31. The quantitative estimate of drug-likeness (QED) is 0.793. The zero-order valence-electron chi connectivity index (χ0n) is 10.2. The first-order valence-corrected chi connectivity index (χ1v) is 5.19. The number of carbonyl (C=O) groups excluding carboxylic acids is 1. The van der Waals surface area contributed by atoms with Crippen LogP contribution in [0, 0.1) is 0 Å². The molecule has 0 spiro atoms. The van der Waals surface area contributed by atoms with Crippen LogP contribution in [0.25, 0.3) is 0 Å². The van der Waals surface area contributed by atoms with Crippen molar-refractivity contribution in [2.45, 2.75) is 20.0 Å². The molecule has 0 unspecified atom stereocenters. The molecule has 4 heteroatoms. The Morgan fingerprint density at radius 2 is 2.00 bits per heavy atom. The lowest BCUT2D eigenvalue weighted by atomic mass is 10.1. The Labute approximate surface area is 96.0 Å². The summed E-state index contributed by atoms with van der Waals surface area (Å²) in [5, 5.41) is 0. The van der Waals surface area contributed by atoms with Gasteiger partial charge in [-0.1, -0.05) is 0 Å². The number of hydrogen-bond donors (Lipinski definition) is 1. The molecule has 2 N–H and O–H groups in total. The number of nitrogens with two attached hydrogens (primary N) is 1. The van der Waals surface area contributed by atoms with Crippen molar-refractivity contribution in [2.24, 2.45) is 0 Å². The second-order valence-corrected chi connectivity index (χ2v) is 4.12. The minimum Gasteiger partial charge on any atom is -0.490 e. The number of amides is 1. The summed E-state index contributed by atoms with van der Waals surface area (Å²) in [5.74, 6) is 0.464. The van der Waals surface area contributed by atoms with Crippen LogP contribution in [0.4, 0.5) is 5.69 Å². The SMILES string of the molecule is CC(C)Oc1ccc(N)cc1C(=O)N(C)C. The van der Waals surface area contributed by atoms with Crippen LogP contribution >= 0.6 is 0 Å². The molecule has 0 fully saturated rings. The van der Waals surface area contributed by atoms with Crippen molar-refractivity contribution in [3.63, 3.8) is 0 Å². The van der Waals surface area contributed by atoms with Gasteiger partial charge in [0.25, 0.3) is 5.91 Å². The van der Waals surface area contributed by atoms with Gasteiger partial charge in [-0.3, -0.25) is 4.79 Å². The fraction of sp³-hybridized carbons (Fsp3) is 0.417. The number of rotatable bonds is 3. The van der Waals surface area contributed by atoms with Gasteiger partial charge in [-0.25, -0.2) is 0 Å². The smallest absolute Gasteiger partial charge is 0.257 e. The molecular formula is C12H18N2O2. The van der Waals surface area contributed by atoms with Gasteiger partial charge >= 0.3 is 0 Å². The molecule has 0 saturated carbocycles. The number of benzene rings is 1. The van der Waals surface area contributed by atoms with E-state index in [2.05, 4.69) is 0 Å². The molecule has 0 aromatic heterocycles. The minimum absolute atomic E-state index is 0.0253. The van der Waals surface area contributed by atoms with Crippen molar-refractivity contribution < 1.29 is 9.53 Å². The summed E-state index contributed by atoms with van der Waals surface area (Å²) in [6.07, 6.45) is 0.0253. The largest absolute Gasteiger partial charge is 0.490 e. The van der Waals surface area contributed by atoms with Crippen LogP contribution in [0.2, 0.25) is 0 Å². The highest BCUT2D eigenvalue weighted by atomic mass is 16.5. The highest BCUT2D eigenvalue weighted by molar-refractivity contribution is 5.97. The van der Waals surface area contributed by atoms with Crippen LogP contribution in [-0.2, 0) is 0 Å². The molecular weight excluding hydrogens is 204 g/mol. The van der Waals surface area contributed by atoms with Crippen LogP contribution in [0.5, 0.6) is 5.75 Å². The third kappa shape index (κ3) is 2.89. The van der Waals surface area contributed by atoms with Crippen molar-refractivity contribution in [1.29, 1.82) is 0 Å². The zero-order chi connectivity index (χ0) is 12.3. The highest BCUT2D eigenvalue weighted by Crippen LogP contribution is 2.23. The maximum absolute atomic E-state index is 11.9. The van der Waals surface area contributed by atoms with E-state index in [4.69, 9.17) is 10.5 Å². The van der Waals surface area contributed by atoms with Gasteiger partial charge < -0.3 is 15.4 Å². The second kappa shape index (κ2) is 4.88. The van der Waals surface area contributed by atoms with Crippen molar-refractivity contribution >= 4 is 11.6 Å². The molecule has 1 rings (SSSR count). The lowest BCUT2D eigenvalue weighted by Crippen LogP contribution is -2.23. The third-order valence-electron chi connectivity index (χ3n) is 2.00. The number of nitrogens with zero attached hydrogens (tertiary/aromatic N) is 1. The summed E-state index contributed by atoms with van der Waals surface area (Å²) in [5.41, 5.74) is 6.73. The molecule has 0 aliphatic heterocycles. The number of hydrogen-bond acceptors (Lipinski definition) is 3. The van der Waals surface area contributed by atoms with Gasteiger partial charge in [0.05, 0.1) is 11.7 Å². The van der Waals surface area contributed by atoms with E-state index in [1.54, 1.807) is 32.3 Å². The molecule has 1 aromatic carbocycles. The molecule has 0 saturated heterocycles. The van der Waals surface area contributed by atoms with Gasteiger partial charge in [0.2, 0.25) is 0 Å². The van der Waals surface area contributed by atoms with E-state index >= 15 is 0 Å². The normalized spacial score (nSPS) is 10.3. The molecule has 16 heavy (non-hydrogen) atoms. The van der Waals surface area contributed by atoms with E-state index in [1.807, 2.05) is 13.8 Å². The van der Waals surface area contributed by atoms with E-state index in [-0.39, 0.29) is 12.0 Å². The van der Waals surface area contributed by atoms with Gasteiger partial charge in [-0.2, -0.15) is 0 Å².